The monoisotopic (exact) mass is 432 g/mol. The molecule has 4 rings (SSSR count). The van der Waals surface area contributed by atoms with Crippen LogP contribution in [0.5, 0.6) is 0 Å². The molecule has 7 nitrogen and oxygen atoms in total. The first-order valence-corrected chi connectivity index (χ1v) is 9.79. The fraction of sp³-hybridized carbons (Fsp3) is 0.381. The molecule has 1 N–H and O–H groups in total. The smallest absolute Gasteiger partial charge is 0.417 e. The van der Waals surface area contributed by atoms with E-state index in [1.807, 2.05) is 0 Å². The number of nitriles is 1. The van der Waals surface area contributed by atoms with Crippen LogP contribution < -0.4 is 10.2 Å². The van der Waals surface area contributed by atoms with Gasteiger partial charge in [0.15, 0.2) is 5.76 Å². The van der Waals surface area contributed by atoms with E-state index in [0.717, 1.165) is 25.0 Å². The molecule has 1 saturated heterocycles. The molecular formula is C21H19F3N4O3. The van der Waals surface area contributed by atoms with Crippen LogP contribution >= 0.6 is 0 Å². The normalized spacial score (nSPS) is 19.1. The van der Waals surface area contributed by atoms with E-state index in [1.54, 1.807) is 17.0 Å². The Hall–Kier alpha value is -3.48. The predicted octanol–water partition coefficient (Wildman–Crippen LogP) is 2.78. The first-order valence-electron chi connectivity index (χ1n) is 9.79. The Morgan fingerprint density at radius 1 is 1.19 bits per heavy atom. The SMILES string of the molecule is N#Cc1ccc(N2CCN(C(=O)c3ccco3)C(C(=O)NC3CC3)C2)cc1C(F)(F)F. The summed E-state index contributed by atoms with van der Waals surface area (Å²) < 4.78 is 45.3. The van der Waals surface area contributed by atoms with Crippen molar-refractivity contribution in [2.24, 2.45) is 0 Å². The van der Waals surface area contributed by atoms with E-state index in [1.165, 1.54) is 23.3 Å². The van der Waals surface area contributed by atoms with Gasteiger partial charge in [-0.3, -0.25) is 9.59 Å². The Labute approximate surface area is 176 Å². The lowest BCUT2D eigenvalue weighted by Crippen LogP contribution is -2.61. The van der Waals surface area contributed by atoms with Crippen LogP contribution in [0.15, 0.2) is 41.0 Å². The fourth-order valence-corrected chi connectivity index (χ4v) is 3.61. The zero-order valence-electron chi connectivity index (χ0n) is 16.4. The molecule has 2 fully saturated rings. The number of benzene rings is 1. The highest BCUT2D eigenvalue weighted by Crippen LogP contribution is 2.35. The topological polar surface area (TPSA) is 89.6 Å². The van der Waals surface area contributed by atoms with Crippen molar-refractivity contribution in [3.05, 3.63) is 53.5 Å². The van der Waals surface area contributed by atoms with E-state index in [-0.39, 0.29) is 43.0 Å². The van der Waals surface area contributed by atoms with Gasteiger partial charge in [0.05, 0.1) is 23.5 Å². The molecule has 1 unspecified atom stereocenters. The highest BCUT2D eigenvalue weighted by atomic mass is 19.4. The van der Waals surface area contributed by atoms with Crippen molar-refractivity contribution in [2.75, 3.05) is 24.5 Å². The molecule has 0 radical (unpaired) electrons. The Bertz CT molecular complexity index is 1030. The molecule has 2 aromatic rings. The Balaban J connectivity index is 1.61. The molecule has 1 aromatic carbocycles. The third-order valence-electron chi connectivity index (χ3n) is 5.39. The van der Waals surface area contributed by atoms with Gasteiger partial charge in [-0.2, -0.15) is 18.4 Å². The van der Waals surface area contributed by atoms with Crippen LogP contribution in [0.3, 0.4) is 0 Å². The van der Waals surface area contributed by atoms with Gasteiger partial charge in [0.2, 0.25) is 5.91 Å². The van der Waals surface area contributed by atoms with Gasteiger partial charge in [-0.05, 0) is 43.2 Å². The molecule has 162 valence electrons. The van der Waals surface area contributed by atoms with Gasteiger partial charge in [0.25, 0.3) is 5.91 Å². The zero-order chi connectivity index (χ0) is 22.2. The van der Waals surface area contributed by atoms with Crippen LogP contribution in [0.4, 0.5) is 18.9 Å². The summed E-state index contributed by atoms with van der Waals surface area (Å²) >= 11 is 0. The van der Waals surface area contributed by atoms with E-state index in [4.69, 9.17) is 9.68 Å². The number of anilines is 1. The number of hydrogen-bond donors (Lipinski definition) is 1. The van der Waals surface area contributed by atoms with Crippen molar-refractivity contribution in [3.8, 4) is 6.07 Å². The van der Waals surface area contributed by atoms with Crippen LogP contribution in [-0.2, 0) is 11.0 Å². The van der Waals surface area contributed by atoms with Crippen molar-refractivity contribution >= 4 is 17.5 Å². The number of amides is 2. The molecule has 0 bridgehead atoms. The van der Waals surface area contributed by atoms with E-state index >= 15 is 0 Å². The zero-order valence-corrected chi connectivity index (χ0v) is 16.4. The Morgan fingerprint density at radius 3 is 2.58 bits per heavy atom. The molecule has 1 saturated carbocycles. The number of hydrogen-bond acceptors (Lipinski definition) is 5. The minimum absolute atomic E-state index is 0.0220. The van der Waals surface area contributed by atoms with Gasteiger partial charge in [0, 0.05) is 31.4 Å². The summed E-state index contributed by atoms with van der Waals surface area (Å²) in [5, 5.41) is 11.9. The molecule has 1 aliphatic heterocycles. The average Bonchev–Trinajstić information content (AvgIpc) is 3.39. The quantitative estimate of drug-likeness (QED) is 0.803. The van der Waals surface area contributed by atoms with Gasteiger partial charge in [0.1, 0.15) is 6.04 Å². The van der Waals surface area contributed by atoms with E-state index in [2.05, 4.69) is 5.32 Å². The number of carbonyl (C=O) groups is 2. The molecule has 10 heteroatoms. The molecule has 2 amide bonds. The molecule has 2 heterocycles. The van der Waals surface area contributed by atoms with Crippen molar-refractivity contribution in [1.82, 2.24) is 10.2 Å². The summed E-state index contributed by atoms with van der Waals surface area (Å²) in [4.78, 5) is 28.7. The number of nitrogens with zero attached hydrogens (tertiary/aromatic N) is 3. The van der Waals surface area contributed by atoms with Gasteiger partial charge < -0.3 is 19.5 Å². The predicted molar refractivity (Wildman–Crippen MR) is 103 cm³/mol. The second-order valence-corrected chi connectivity index (χ2v) is 7.56. The third-order valence-corrected chi connectivity index (χ3v) is 5.39. The summed E-state index contributed by atoms with van der Waals surface area (Å²) in [6.07, 6.45) is -1.60. The number of piperazine rings is 1. The van der Waals surface area contributed by atoms with E-state index < -0.39 is 29.3 Å². The summed E-state index contributed by atoms with van der Waals surface area (Å²) in [6, 6.07) is 7.26. The van der Waals surface area contributed by atoms with Crippen LogP contribution in [0.2, 0.25) is 0 Å². The molecule has 1 aliphatic carbocycles. The maximum Gasteiger partial charge on any atom is 0.417 e. The molecular weight excluding hydrogens is 413 g/mol. The van der Waals surface area contributed by atoms with Crippen LogP contribution in [0, 0.1) is 11.3 Å². The summed E-state index contributed by atoms with van der Waals surface area (Å²) in [5.41, 5.74) is -1.26. The van der Waals surface area contributed by atoms with Gasteiger partial charge >= 0.3 is 6.18 Å². The first-order chi connectivity index (χ1) is 14.8. The summed E-state index contributed by atoms with van der Waals surface area (Å²) in [5.74, 6) is -0.705. The molecule has 1 aromatic heterocycles. The van der Waals surface area contributed by atoms with E-state index in [9.17, 15) is 22.8 Å². The molecule has 0 spiro atoms. The second-order valence-electron chi connectivity index (χ2n) is 7.56. The molecule has 31 heavy (non-hydrogen) atoms. The maximum atomic E-state index is 13.4. The lowest BCUT2D eigenvalue weighted by molar-refractivity contribution is -0.137. The largest absolute Gasteiger partial charge is 0.459 e. The molecule has 1 atom stereocenters. The Morgan fingerprint density at radius 2 is 1.97 bits per heavy atom. The maximum absolute atomic E-state index is 13.4. The van der Waals surface area contributed by atoms with Crippen molar-refractivity contribution in [2.45, 2.75) is 31.1 Å². The number of alkyl halides is 3. The minimum Gasteiger partial charge on any atom is -0.459 e. The van der Waals surface area contributed by atoms with Crippen LogP contribution in [0.1, 0.15) is 34.5 Å². The molecule has 2 aliphatic rings. The number of carbonyl (C=O) groups excluding carboxylic acids is 2. The van der Waals surface area contributed by atoms with Gasteiger partial charge in [-0.15, -0.1) is 0 Å². The summed E-state index contributed by atoms with van der Waals surface area (Å²) in [6.45, 7) is 0.376. The van der Waals surface area contributed by atoms with Crippen molar-refractivity contribution in [3.63, 3.8) is 0 Å². The van der Waals surface area contributed by atoms with Crippen LogP contribution in [-0.4, -0.2) is 48.4 Å². The lowest BCUT2D eigenvalue weighted by atomic mass is 10.0. The first kappa shape index (κ1) is 20.8. The number of nitrogens with one attached hydrogen (secondary N) is 1. The van der Waals surface area contributed by atoms with Gasteiger partial charge in [-0.1, -0.05) is 0 Å². The Kier molecular flexibility index (Phi) is 5.35. The summed E-state index contributed by atoms with van der Waals surface area (Å²) in [7, 11) is 0. The average molecular weight is 432 g/mol. The fourth-order valence-electron chi connectivity index (χ4n) is 3.61. The number of furan rings is 1. The van der Waals surface area contributed by atoms with Crippen molar-refractivity contribution < 1.29 is 27.2 Å². The second kappa shape index (κ2) is 7.98. The number of halogens is 3. The minimum atomic E-state index is -4.68. The van der Waals surface area contributed by atoms with E-state index in [0.29, 0.717) is 0 Å². The lowest BCUT2D eigenvalue weighted by Gasteiger charge is -2.41. The highest BCUT2D eigenvalue weighted by Gasteiger charge is 2.39. The van der Waals surface area contributed by atoms with Gasteiger partial charge in [-0.25, -0.2) is 0 Å². The number of rotatable bonds is 4. The standard InChI is InChI=1S/C21H19F3N4O3/c22-21(23,24)16-10-15(6-3-13(16)11-25)27-7-8-28(20(30)18-2-1-9-31-18)17(12-27)19(29)26-14-4-5-14/h1-3,6,9-10,14,17H,4-5,7-8,12H2,(H,26,29). The third kappa shape index (κ3) is 4.35. The highest BCUT2D eigenvalue weighted by molar-refractivity contribution is 5.96. The van der Waals surface area contributed by atoms with Crippen LogP contribution in [0.25, 0.3) is 0 Å². The van der Waals surface area contributed by atoms with Crippen molar-refractivity contribution in [1.29, 1.82) is 5.26 Å².